The average molecular weight is 380 g/mol. The number of benzene rings is 2. The number of nitrogens with zero attached hydrogens (tertiary/aromatic N) is 3. The molecule has 4 rings (SSSR count). The van der Waals surface area contributed by atoms with Crippen LogP contribution in [0.25, 0.3) is 0 Å². The Morgan fingerprint density at radius 1 is 0.929 bits per heavy atom. The molecule has 1 saturated heterocycles. The third-order valence-electron chi connectivity index (χ3n) is 5.66. The predicted molar refractivity (Wildman–Crippen MR) is 113 cm³/mol. The molecule has 0 aromatic heterocycles. The van der Waals surface area contributed by atoms with Crippen LogP contribution in [0.3, 0.4) is 0 Å². The molecule has 1 amide bonds. The molecule has 0 N–H and O–H groups in total. The van der Waals surface area contributed by atoms with Crippen molar-refractivity contribution in [1.82, 2.24) is 4.90 Å². The van der Waals surface area contributed by atoms with Crippen LogP contribution in [0, 0.1) is 6.92 Å². The van der Waals surface area contributed by atoms with Gasteiger partial charge in [0.1, 0.15) is 5.75 Å². The van der Waals surface area contributed by atoms with Gasteiger partial charge in [-0.25, -0.2) is 0 Å². The van der Waals surface area contributed by atoms with Crippen LogP contribution in [0.2, 0.25) is 0 Å². The highest BCUT2D eigenvalue weighted by atomic mass is 16.5. The Morgan fingerprint density at radius 2 is 1.68 bits per heavy atom. The summed E-state index contributed by atoms with van der Waals surface area (Å²) in [5, 5.41) is 0. The Hall–Kier alpha value is -2.53. The summed E-state index contributed by atoms with van der Waals surface area (Å²) in [5.41, 5.74) is 3.40. The van der Waals surface area contributed by atoms with Gasteiger partial charge in [-0.05, 0) is 56.1 Å². The van der Waals surface area contributed by atoms with Crippen molar-refractivity contribution in [2.45, 2.75) is 19.8 Å². The quantitative estimate of drug-likeness (QED) is 0.722. The first-order chi connectivity index (χ1) is 13.7. The molecule has 0 unspecified atom stereocenters. The Bertz CT molecular complexity index is 801. The minimum Gasteiger partial charge on any atom is -0.482 e. The Morgan fingerprint density at radius 3 is 2.46 bits per heavy atom. The second-order valence-corrected chi connectivity index (χ2v) is 7.68. The van der Waals surface area contributed by atoms with Crippen LogP contribution in [-0.2, 0) is 4.79 Å². The molecule has 5 heteroatoms. The number of hydrogen-bond donors (Lipinski definition) is 0. The first kappa shape index (κ1) is 18.8. The van der Waals surface area contributed by atoms with E-state index in [4.69, 9.17) is 4.74 Å². The van der Waals surface area contributed by atoms with Crippen molar-refractivity contribution < 1.29 is 9.53 Å². The van der Waals surface area contributed by atoms with E-state index in [2.05, 4.69) is 46.2 Å². The van der Waals surface area contributed by atoms with Crippen LogP contribution in [0.4, 0.5) is 11.4 Å². The molecular formula is C23H29N3O2. The van der Waals surface area contributed by atoms with Gasteiger partial charge in [0.2, 0.25) is 0 Å². The molecule has 0 aliphatic carbocycles. The van der Waals surface area contributed by atoms with Gasteiger partial charge in [-0.3, -0.25) is 9.69 Å². The fraction of sp³-hybridized carbons (Fsp3) is 0.435. The summed E-state index contributed by atoms with van der Waals surface area (Å²) >= 11 is 0. The van der Waals surface area contributed by atoms with Crippen molar-refractivity contribution in [3.63, 3.8) is 0 Å². The summed E-state index contributed by atoms with van der Waals surface area (Å²) in [6.07, 6.45) is 2.12. The number of aryl methyl sites for hydroxylation is 1. The summed E-state index contributed by atoms with van der Waals surface area (Å²) in [5.74, 6) is 0.886. The summed E-state index contributed by atoms with van der Waals surface area (Å²) in [6, 6.07) is 16.7. The number of carbonyl (C=O) groups is 1. The van der Waals surface area contributed by atoms with E-state index in [1.165, 1.54) is 5.69 Å². The van der Waals surface area contributed by atoms with E-state index in [-0.39, 0.29) is 12.5 Å². The fourth-order valence-corrected chi connectivity index (χ4v) is 4.03. The van der Waals surface area contributed by atoms with Crippen LogP contribution in [0.15, 0.2) is 48.5 Å². The maximum absolute atomic E-state index is 12.3. The third kappa shape index (κ3) is 4.30. The van der Waals surface area contributed by atoms with E-state index < -0.39 is 0 Å². The third-order valence-corrected chi connectivity index (χ3v) is 5.66. The number of hydrogen-bond acceptors (Lipinski definition) is 4. The van der Waals surface area contributed by atoms with Crippen molar-refractivity contribution in [3.8, 4) is 5.75 Å². The van der Waals surface area contributed by atoms with Crippen LogP contribution >= 0.6 is 0 Å². The van der Waals surface area contributed by atoms with Gasteiger partial charge >= 0.3 is 0 Å². The molecule has 0 saturated carbocycles. The van der Waals surface area contributed by atoms with E-state index in [1.54, 1.807) is 0 Å². The van der Waals surface area contributed by atoms with Crippen molar-refractivity contribution in [2.24, 2.45) is 0 Å². The molecule has 1 fully saturated rings. The number of rotatable bonds is 6. The summed E-state index contributed by atoms with van der Waals surface area (Å²) in [4.78, 5) is 19.2. The second-order valence-electron chi connectivity index (χ2n) is 7.68. The molecule has 2 aromatic rings. The van der Waals surface area contributed by atoms with Gasteiger partial charge in [0.05, 0.1) is 5.69 Å². The lowest BCUT2D eigenvalue weighted by Gasteiger charge is -2.36. The van der Waals surface area contributed by atoms with Crippen molar-refractivity contribution in [2.75, 3.05) is 55.7 Å². The predicted octanol–water partition coefficient (Wildman–Crippen LogP) is 3.32. The second kappa shape index (κ2) is 8.65. The van der Waals surface area contributed by atoms with Gasteiger partial charge in [0.15, 0.2) is 6.61 Å². The van der Waals surface area contributed by atoms with E-state index in [0.717, 1.165) is 69.1 Å². The minimum absolute atomic E-state index is 0.0644. The summed E-state index contributed by atoms with van der Waals surface area (Å²) in [6.45, 7) is 8.44. The van der Waals surface area contributed by atoms with Crippen LogP contribution in [0.1, 0.15) is 18.4 Å². The standard InChI is InChI=1S/C23H29N3O2/c1-19-9-10-22-21(17-19)26(23(27)18-28-22)12-6-5-11-24-13-15-25(16-14-24)20-7-3-2-4-8-20/h2-4,7-10,17H,5-6,11-16,18H2,1H3. The molecule has 2 heterocycles. The van der Waals surface area contributed by atoms with Crippen LogP contribution < -0.4 is 14.5 Å². The smallest absolute Gasteiger partial charge is 0.265 e. The number of ether oxygens (including phenoxy) is 1. The van der Waals surface area contributed by atoms with E-state index in [9.17, 15) is 4.79 Å². The summed E-state index contributed by atoms with van der Waals surface area (Å²) < 4.78 is 5.56. The Balaban J connectivity index is 1.23. The van der Waals surface area contributed by atoms with Gasteiger partial charge in [-0.1, -0.05) is 24.3 Å². The Labute approximate surface area is 167 Å². The molecule has 5 nitrogen and oxygen atoms in total. The van der Waals surface area contributed by atoms with Gasteiger partial charge in [0.25, 0.3) is 5.91 Å². The maximum Gasteiger partial charge on any atom is 0.265 e. The molecule has 0 spiro atoms. The molecule has 0 atom stereocenters. The molecule has 2 aliphatic heterocycles. The number of para-hydroxylation sites is 1. The van der Waals surface area contributed by atoms with E-state index in [0.29, 0.717) is 0 Å². The van der Waals surface area contributed by atoms with Gasteiger partial charge < -0.3 is 14.5 Å². The largest absolute Gasteiger partial charge is 0.482 e. The first-order valence-electron chi connectivity index (χ1n) is 10.3. The normalized spacial score (nSPS) is 17.4. The molecule has 0 bridgehead atoms. The zero-order valence-electron chi connectivity index (χ0n) is 16.6. The summed E-state index contributed by atoms with van der Waals surface area (Å²) in [7, 11) is 0. The molecule has 2 aromatic carbocycles. The molecule has 28 heavy (non-hydrogen) atoms. The maximum atomic E-state index is 12.3. The zero-order valence-corrected chi connectivity index (χ0v) is 16.6. The lowest BCUT2D eigenvalue weighted by molar-refractivity contribution is -0.121. The number of carbonyl (C=O) groups excluding carboxylic acids is 1. The van der Waals surface area contributed by atoms with E-state index >= 15 is 0 Å². The lowest BCUT2D eigenvalue weighted by Crippen LogP contribution is -2.46. The average Bonchev–Trinajstić information content (AvgIpc) is 2.73. The highest BCUT2D eigenvalue weighted by molar-refractivity contribution is 5.97. The van der Waals surface area contributed by atoms with Gasteiger partial charge in [0, 0.05) is 38.4 Å². The minimum atomic E-state index is 0.0644. The van der Waals surface area contributed by atoms with Crippen LogP contribution in [-0.4, -0.2) is 56.7 Å². The molecular weight excluding hydrogens is 350 g/mol. The first-order valence-corrected chi connectivity index (χ1v) is 10.3. The molecule has 2 aliphatic rings. The van der Waals surface area contributed by atoms with Crippen molar-refractivity contribution in [1.29, 1.82) is 0 Å². The number of anilines is 2. The zero-order chi connectivity index (χ0) is 19.3. The number of piperazine rings is 1. The van der Waals surface area contributed by atoms with E-state index in [1.807, 2.05) is 24.0 Å². The highest BCUT2D eigenvalue weighted by Gasteiger charge is 2.25. The van der Waals surface area contributed by atoms with Crippen molar-refractivity contribution >= 4 is 17.3 Å². The lowest BCUT2D eigenvalue weighted by atomic mass is 10.1. The topological polar surface area (TPSA) is 36.0 Å². The number of amides is 1. The van der Waals surface area contributed by atoms with Crippen LogP contribution in [0.5, 0.6) is 5.75 Å². The van der Waals surface area contributed by atoms with Crippen molar-refractivity contribution in [3.05, 3.63) is 54.1 Å². The monoisotopic (exact) mass is 379 g/mol. The fourth-order valence-electron chi connectivity index (χ4n) is 4.03. The molecule has 148 valence electrons. The highest BCUT2D eigenvalue weighted by Crippen LogP contribution is 2.33. The number of unbranched alkanes of at least 4 members (excludes halogenated alkanes) is 1. The van der Waals surface area contributed by atoms with Gasteiger partial charge in [-0.15, -0.1) is 0 Å². The number of fused-ring (bicyclic) bond motifs is 1. The molecule has 0 radical (unpaired) electrons. The Kier molecular flexibility index (Phi) is 5.81. The van der Waals surface area contributed by atoms with Gasteiger partial charge in [-0.2, -0.15) is 0 Å². The SMILES string of the molecule is Cc1ccc2c(c1)N(CCCCN1CCN(c3ccccc3)CC1)C(=O)CO2.